The van der Waals surface area contributed by atoms with E-state index in [-0.39, 0.29) is 5.75 Å². The van der Waals surface area contributed by atoms with Crippen molar-refractivity contribution in [3.05, 3.63) is 64.7 Å². The highest BCUT2D eigenvalue weighted by Crippen LogP contribution is 2.20. The number of aromatic hydroxyl groups is 1. The Morgan fingerprint density at radius 2 is 1.61 bits per heavy atom. The maximum Gasteiger partial charge on any atom is 0.232 e. The molecule has 1 aliphatic heterocycles. The highest BCUT2D eigenvalue weighted by atomic mass is 35.5. The molecule has 2 heterocycles. The molecule has 0 unspecified atom stereocenters. The van der Waals surface area contributed by atoms with Crippen molar-refractivity contribution in [2.45, 2.75) is 45.2 Å². The normalized spacial score (nSPS) is 17.7. The van der Waals surface area contributed by atoms with Gasteiger partial charge < -0.3 is 25.5 Å². The lowest BCUT2D eigenvalue weighted by molar-refractivity contribution is 0.403. The van der Waals surface area contributed by atoms with Crippen LogP contribution in [-0.4, -0.2) is 65.4 Å². The number of benzene rings is 2. The van der Waals surface area contributed by atoms with Gasteiger partial charge in [0.2, 0.25) is 17.8 Å². The van der Waals surface area contributed by atoms with Crippen LogP contribution in [-0.2, 0) is 12.8 Å². The van der Waals surface area contributed by atoms with Crippen LogP contribution in [0, 0.1) is 0 Å². The molecule has 0 saturated carbocycles. The van der Waals surface area contributed by atoms with Crippen molar-refractivity contribution in [3.63, 3.8) is 0 Å². The number of anilines is 3. The standard InChI is InChI=1S/C27H36ClN7O/c1-19-17-35(18-20(2)30-19)27-32-25(29-15-14-22-8-12-24(36)13-9-22)31-26(33-27)34(3)16-4-5-21-6-10-23(28)11-7-21/h6-13,19-20,30,36H,4-5,14-18H2,1-3H3,(H,29,31,32,33)/t19-,20+. The Hall–Kier alpha value is -3.10. The minimum Gasteiger partial charge on any atom is -0.508 e. The highest BCUT2D eigenvalue weighted by Gasteiger charge is 2.24. The maximum atomic E-state index is 9.51. The van der Waals surface area contributed by atoms with Crippen LogP contribution >= 0.6 is 11.6 Å². The summed E-state index contributed by atoms with van der Waals surface area (Å²) in [5.74, 6) is 2.23. The Morgan fingerprint density at radius 1 is 0.972 bits per heavy atom. The minimum atomic E-state index is 0.275. The van der Waals surface area contributed by atoms with Gasteiger partial charge in [-0.3, -0.25) is 0 Å². The molecule has 4 rings (SSSR count). The lowest BCUT2D eigenvalue weighted by Crippen LogP contribution is -2.54. The van der Waals surface area contributed by atoms with Crippen molar-refractivity contribution < 1.29 is 5.11 Å². The average Bonchev–Trinajstić information content (AvgIpc) is 2.85. The number of aromatic nitrogens is 3. The molecular weight excluding hydrogens is 474 g/mol. The third-order valence-electron chi connectivity index (χ3n) is 6.30. The number of hydrogen-bond acceptors (Lipinski definition) is 8. The average molecular weight is 510 g/mol. The predicted molar refractivity (Wildman–Crippen MR) is 147 cm³/mol. The number of rotatable bonds is 10. The quantitative estimate of drug-likeness (QED) is 0.376. The van der Waals surface area contributed by atoms with Crippen molar-refractivity contribution >= 4 is 29.4 Å². The first-order valence-electron chi connectivity index (χ1n) is 12.6. The van der Waals surface area contributed by atoms with Crippen molar-refractivity contribution in [2.75, 3.05) is 48.3 Å². The molecular formula is C27H36ClN7O. The summed E-state index contributed by atoms with van der Waals surface area (Å²) in [6.07, 6.45) is 2.74. The summed E-state index contributed by atoms with van der Waals surface area (Å²) < 4.78 is 0. The van der Waals surface area contributed by atoms with Gasteiger partial charge in [0.05, 0.1) is 0 Å². The van der Waals surface area contributed by atoms with Crippen LogP contribution in [0.1, 0.15) is 31.4 Å². The lowest BCUT2D eigenvalue weighted by atomic mass is 10.1. The number of hydrogen-bond donors (Lipinski definition) is 3. The molecule has 36 heavy (non-hydrogen) atoms. The van der Waals surface area contributed by atoms with Crippen molar-refractivity contribution in [1.82, 2.24) is 20.3 Å². The number of piperazine rings is 1. The molecule has 0 aliphatic carbocycles. The predicted octanol–water partition coefficient (Wildman–Crippen LogP) is 4.14. The Bertz CT molecular complexity index is 1100. The number of nitrogens with one attached hydrogen (secondary N) is 2. The van der Waals surface area contributed by atoms with E-state index in [9.17, 15) is 5.11 Å². The van der Waals surface area contributed by atoms with Gasteiger partial charge in [-0.2, -0.15) is 15.0 Å². The molecule has 0 radical (unpaired) electrons. The molecule has 9 heteroatoms. The van der Waals surface area contributed by atoms with E-state index < -0.39 is 0 Å². The van der Waals surface area contributed by atoms with Crippen LogP contribution < -0.4 is 20.4 Å². The van der Waals surface area contributed by atoms with Gasteiger partial charge in [0.25, 0.3) is 0 Å². The van der Waals surface area contributed by atoms with E-state index in [2.05, 4.69) is 46.4 Å². The molecule has 1 saturated heterocycles. The second-order valence-corrected chi connectivity index (χ2v) is 10.1. The van der Waals surface area contributed by atoms with Gasteiger partial charge in [0, 0.05) is 50.3 Å². The summed E-state index contributed by atoms with van der Waals surface area (Å²) in [7, 11) is 2.03. The second kappa shape index (κ2) is 12.2. The minimum absolute atomic E-state index is 0.275. The second-order valence-electron chi connectivity index (χ2n) is 9.63. The van der Waals surface area contributed by atoms with Crippen LogP contribution in [0.2, 0.25) is 5.02 Å². The Morgan fingerprint density at radius 3 is 2.31 bits per heavy atom. The molecule has 0 amide bonds. The lowest BCUT2D eigenvalue weighted by Gasteiger charge is -2.36. The zero-order chi connectivity index (χ0) is 25.5. The summed E-state index contributed by atoms with van der Waals surface area (Å²) in [6.45, 7) is 7.58. The van der Waals surface area contributed by atoms with Gasteiger partial charge in [-0.15, -0.1) is 0 Å². The summed E-state index contributed by atoms with van der Waals surface area (Å²) in [5.41, 5.74) is 2.41. The molecule has 8 nitrogen and oxygen atoms in total. The summed E-state index contributed by atoms with van der Waals surface area (Å²) >= 11 is 6.01. The van der Waals surface area contributed by atoms with Gasteiger partial charge in [0.15, 0.2) is 0 Å². The fraction of sp³-hybridized carbons (Fsp3) is 0.444. The highest BCUT2D eigenvalue weighted by molar-refractivity contribution is 6.30. The van der Waals surface area contributed by atoms with E-state index in [0.29, 0.717) is 36.5 Å². The summed E-state index contributed by atoms with van der Waals surface area (Å²) in [4.78, 5) is 18.7. The molecule has 1 fully saturated rings. The molecule has 192 valence electrons. The molecule has 3 N–H and O–H groups in total. The Kier molecular flexibility index (Phi) is 8.83. The van der Waals surface area contributed by atoms with E-state index in [1.807, 2.05) is 31.3 Å². The van der Waals surface area contributed by atoms with Gasteiger partial charge in [-0.05, 0) is 68.5 Å². The van der Waals surface area contributed by atoms with Crippen LogP contribution in [0.15, 0.2) is 48.5 Å². The third kappa shape index (κ3) is 7.45. The molecule has 0 spiro atoms. The zero-order valence-corrected chi connectivity index (χ0v) is 22.0. The van der Waals surface area contributed by atoms with Crippen LogP contribution in [0.3, 0.4) is 0 Å². The van der Waals surface area contributed by atoms with Crippen LogP contribution in [0.4, 0.5) is 17.8 Å². The number of aryl methyl sites for hydroxylation is 1. The molecule has 1 aliphatic rings. The largest absolute Gasteiger partial charge is 0.508 e. The first kappa shape index (κ1) is 26.0. The number of halogens is 1. The number of phenolic OH excluding ortho intramolecular Hbond substituents is 1. The van der Waals surface area contributed by atoms with E-state index in [1.54, 1.807) is 12.1 Å². The van der Waals surface area contributed by atoms with Gasteiger partial charge in [0.1, 0.15) is 5.75 Å². The van der Waals surface area contributed by atoms with Gasteiger partial charge >= 0.3 is 0 Å². The number of nitrogens with zero attached hydrogens (tertiary/aromatic N) is 5. The number of phenols is 1. The van der Waals surface area contributed by atoms with Crippen molar-refractivity contribution in [3.8, 4) is 5.75 Å². The topological polar surface area (TPSA) is 89.4 Å². The van der Waals surface area contributed by atoms with Crippen LogP contribution in [0.5, 0.6) is 5.75 Å². The fourth-order valence-corrected chi connectivity index (χ4v) is 4.61. The summed E-state index contributed by atoms with van der Waals surface area (Å²) in [6, 6.07) is 16.0. The third-order valence-corrected chi connectivity index (χ3v) is 6.55. The SMILES string of the molecule is C[C@@H]1CN(c2nc(NCCc3ccc(O)cc3)nc(N(C)CCCc3ccc(Cl)cc3)n2)C[C@H](C)N1. The molecule has 2 atom stereocenters. The molecule has 1 aromatic heterocycles. The smallest absolute Gasteiger partial charge is 0.232 e. The van der Waals surface area contributed by atoms with Gasteiger partial charge in [-0.25, -0.2) is 0 Å². The van der Waals surface area contributed by atoms with E-state index in [0.717, 1.165) is 49.5 Å². The fourth-order valence-electron chi connectivity index (χ4n) is 4.49. The molecule has 2 aromatic carbocycles. The summed E-state index contributed by atoms with van der Waals surface area (Å²) in [5, 5.41) is 17.2. The Labute approximate surface area is 218 Å². The van der Waals surface area contributed by atoms with Gasteiger partial charge in [-0.1, -0.05) is 35.9 Å². The Balaban J connectivity index is 1.45. The van der Waals surface area contributed by atoms with E-state index in [4.69, 9.17) is 26.6 Å². The monoisotopic (exact) mass is 509 g/mol. The zero-order valence-electron chi connectivity index (χ0n) is 21.3. The molecule has 0 bridgehead atoms. The van der Waals surface area contributed by atoms with E-state index in [1.165, 1.54) is 5.56 Å². The maximum absolute atomic E-state index is 9.51. The van der Waals surface area contributed by atoms with Crippen molar-refractivity contribution in [1.29, 1.82) is 0 Å². The van der Waals surface area contributed by atoms with Crippen LogP contribution in [0.25, 0.3) is 0 Å². The molecule has 3 aromatic rings. The van der Waals surface area contributed by atoms with Crippen molar-refractivity contribution in [2.24, 2.45) is 0 Å². The van der Waals surface area contributed by atoms with E-state index >= 15 is 0 Å². The first-order valence-corrected chi connectivity index (χ1v) is 13.0. The first-order chi connectivity index (χ1) is 17.4.